The number of fused-ring (bicyclic) bond motifs is 2. The van der Waals surface area contributed by atoms with E-state index in [4.69, 9.17) is 9.47 Å². The quantitative estimate of drug-likeness (QED) is 0.698. The Bertz CT molecular complexity index is 1090. The van der Waals surface area contributed by atoms with Crippen molar-refractivity contribution in [1.82, 2.24) is 19.9 Å². The molecule has 0 unspecified atom stereocenters. The van der Waals surface area contributed by atoms with Crippen LogP contribution in [0, 0.1) is 0 Å². The molecule has 7 nitrogen and oxygen atoms in total. The summed E-state index contributed by atoms with van der Waals surface area (Å²) in [4.78, 5) is 14.9. The predicted molar refractivity (Wildman–Crippen MR) is 107 cm³/mol. The van der Waals surface area contributed by atoms with E-state index in [0.29, 0.717) is 41.2 Å². The highest BCUT2D eigenvalue weighted by atomic mass is 16.5. The third-order valence-electron chi connectivity index (χ3n) is 5.16. The van der Waals surface area contributed by atoms with Gasteiger partial charge >= 0.3 is 0 Å². The maximum absolute atomic E-state index is 13.2. The van der Waals surface area contributed by atoms with Gasteiger partial charge in [0.15, 0.2) is 11.5 Å². The molecule has 7 heteroatoms. The van der Waals surface area contributed by atoms with Gasteiger partial charge in [-0.05, 0) is 49.2 Å². The summed E-state index contributed by atoms with van der Waals surface area (Å²) in [6.45, 7) is 7.46. The van der Waals surface area contributed by atoms with Gasteiger partial charge in [-0.15, -0.1) is 5.10 Å². The van der Waals surface area contributed by atoms with E-state index in [0.717, 1.165) is 23.2 Å². The number of methoxy groups -OCH3 is 2. The lowest BCUT2D eigenvalue weighted by atomic mass is 9.95. The molecule has 0 bridgehead atoms. The summed E-state index contributed by atoms with van der Waals surface area (Å²) in [5, 5.41) is 8.27. The number of aryl methyl sites for hydroxylation is 1. The van der Waals surface area contributed by atoms with Crippen molar-refractivity contribution in [3.8, 4) is 11.5 Å². The lowest BCUT2D eigenvalue weighted by Gasteiger charge is -2.31. The zero-order chi connectivity index (χ0) is 19.8. The second-order valence-electron chi connectivity index (χ2n) is 6.63. The van der Waals surface area contributed by atoms with Gasteiger partial charge in [0.25, 0.3) is 5.91 Å². The zero-order valence-corrected chi connectivity index (χ0v) is 16.2. The lowest BCUT2D eigenvalue weighted by molar-refractivity contribution is 0.0833. The van der Waals surface area contributed by atoms with Crippen LogP contribution < -0.4 is 9.47 Å². The number of aromatic nitrogens is 3. The first kappa shape index (κ1) is 18.0. The molecule has 0 N–H and O–H groups in total. The van der Waals surface area contributed by atoms with Crippen LogP contribution in [0.3, 0.4) is 0 Å². The van der Waals surface area contributed by atoms with Crippen LogP contribution in [0.15, 0.2) is 36.9 Å². The first-order chi connectivity index (χ1) is 13.6. The average Bonchev–Trinajstić information content (AvgIpc) is 3.15. The Morgan fingerprint density at radius 3 is 2.64 bits per heavy atom. The predicted octanol–water partition coefficient (Wildman–Crippen LogP) is 3.14. The second kappa shape index (κ2) is 6.99. The van der Waals surface area contributed by atoms with E-state index in [2.05, 4.69) is 16.9 Å². The first-order valence-electron chi connectivity index (χ1n) is 9.16. The van der Waals surface area contributed by atoms with Crippen molar-refractivity contribution in [2.45, 2.75) is 19.9 Å². The molecule has 28 heavy (non-hydrogen) atoms. The Morgan fingerprint density at radius 1 is 1.18 bits per heavy atom. The maximum atomic E-state index is 13.2. The fraction of sp³-hybridized carbons (Fsp3) is 0.286. The van der Waals surface area contributed by atoms with Crippen molar-refractivity contribution in [3.05, 3.63) is 53.6 Å². The van der Waals surface area contributed by atoms with Crippen LogP contribution in [0.5, 0.6) is 11.5 Å². The molecule has 1 aliphatic rings. The number of nitrogens with zero attached hydrogens (tertiary/aromatic N) is 4. The van der Waals surface area contributed by atoms with Gasteiger partial charge in [-0.2, -0.15) is 0 Å². The van der Waals surface area contributed by atoms with E-state index < -0.39 is 0 Å². The van der Waals surface area contributed by atoms with E-state index in [1.165, 1.54) is 0 Å². The minimum atomic E-state index is -0.0987. The van der Waals surface area contributed by atoms with Gasteiger partial charge in [-0.3, -0.25) is 4.79 Å². The van der Waals surface area contributed by atoms with Crippen LogP contribution in [-0.2, 0) is 13.0 Å². The lowest BCUT2D eigenvalue weighted by Crippen LogP contribution is -2.34. The molecule has 2 aromatic carbocycles. The minimum Gasteiger partial charge on any atom is -0.493 e. The standard InChI is InChI=1S/C21H22N4O3/c1-5-25-18-7-6-15(10-17(18)22-23-25)21(26)24-9-8-14-11-19(27-3)20(28-4)12-16(14)13(24)2/h6-7,10-12H,2,5,8-9H2,1,3-4H3. The molecule has 1 aromatic heterocycles. The number of carbonyl (C=O) groups excluding carboxylic acids is 1. The summed E-state index contributed by atoms with van der Waals surface area (Å²) in [7, 11) is 3.21. The van der Waals surface area contributed by atoms with E-state index in [1.54, 1.807) is 29.9 Å². The molecule has 0 saturated heterocycles. The first-order valence-corrected chi connectivity index (χ1v) is 9.16. The van der Waals surface area contributed by atoms with Gasteiger partial charge in [-0.1, -0.05) is 11.8 Å². The van der Waals surface area contributed by atoms with Crippen LogP contribution in [-0.4, -0.2) is 46.6 Å². The van der Waals surface area contributed by atoms with Crippen LogP contribution >= 0.6 is 0 Å². The number of ether oxygens (including phenoxy) is 2. The summed E-state index contributed by atoms with van der Waals surface area (Å²) >= 11 is 0. The minimum absolute atomic E-state index is 0.0987. The van der Waals surface area contributed by atoms with Crippen LogP contribution in [0.1, 0.15) is 28.4 Å². The smallest absolute Gasteiger partial charge is 0.258 e. The fourth-order valence-corrected chi connectivity index (χ4v) is 3.63. The second-order valence-corrected chi connectivity index (χ2v) is 6.63. The van der Waals surface area contributed by atoms with Crippen LogP contribution in [0.25, 0.3) is 16.7 Å². The largest absolute Gasteiger partial charge is 0.493 e. The number of benzene rings is 2. The topological polar surface area (TPSA) is 69.5 Å². The molecule has 4 rings (SSSR count). The number of rotatable bonds is 4. The molecule has 0 spiro atoms. The fourth-order valence-electron chi connectivity index (χ4n) is 3.63. The van der Waals surface area contributed by atoms with Crippen molar-refractivity contribution < 1.29 is 14.3 Å². The average molecular weight is 378 g/mol. The molecule has 0 atom stereocenters. The molecule has 2 heterocycles. The van der Waals surface area contributed by atoms with Gasteiger partial charge in [0.1, 0.15) is 5.52 Å². The molecule has 0 radical (unpaired) electrons. The third kappa shape index (κ3) is 2.79. The molecule has 1 amide bonds. The zero-order valence-electron chi connectivity index (χ0n) is 16.2. The molecule has 0 saturated carbocycles. The Morgan fingerprint density at radius 2 is 1.93 bits per heavy atom. The number of hydrogen-bond acceptors (Lipinski definition) is 5. The highest BCUT2D eigenvalue weighted by Gasteiger charge is 2.27. The van der Waals surface area contributed by atoms with Crippen molar-refractivity contribution in [2.24, 2.45) is 0 Å². The monoisotopic (exact) mass is 378 g/mol. The summed E-state index contributed by atoms with van der Waals surface area (Å²) in [6, 6.07) is 9.33. The SMILES string of the molecule is C=C1c2cc(OC)c(OC)cc2CCN1C(=O)c1ccc2c(c1)nnn2CC. The summed E-state index contributed by atoms with van der Waals surface area (Å²) < 4.78 is 12.6. The maximum Gasteiger partial charge on any atom is 0.258 e. The molecule has 1 aliphatic heterocycles. The molecule has 0 aliphatic carbocycles. The third-order valence-corrected chi connectivity index (χ3v) is 5.16. The van der Waals surface area contributed by atoms with E-state index in [-0.39, 0.29) is 5.91 Å². The van der Waals surface area contributed by atoms with E-state index in [9.17, 15) is 4.79 Å². The number of hydrogen-bond donors (Lipinski definition) is 0. The van der Waals surface area contributed by atoms with Gasteiger partial charge in [0, 0.05) is 29.9 Å². The molecule has 0 fully saturated rings. The normalized spacial score (nSPS) is 13.5. The summed E-state index contributed by atoms with van der Waals surface area (Å²) in [5.74, 6) is 1.20. The Balaban J connectivity index is 1.67. The molecular weight excluding hydrogens is 356 g/mol. The number of amides is 1. The van der Waals surface area contributed by atoms with Crippen molar-refractivity contribution in [3.63, 3.8) is 0 Å². The van der Waals surface area contributed by atoms with Crippen LogP contribution in [0.2, 0.25) is 0 Å². The number of carbonyl (C=O) groups is 1. The summed E-state index contributed by atoms with van der Waals surface area (Å²) in [5.41, 5.74) is 4.84. The molecular formula is C21H22N4O3. The van der Waals surface area contributed by atoms with Gasteiger partial charge in [-0.25, -0.2) is 4.68 Å². The van der Waals surface area contributed by atoms with Crippen molar-refractivity contribution in [1.29, 1.82) is 0 Å². The van der Waals surface area contributed by atoms with Gasteiger partial charge in [0.2, 0.25) is 0 Å². The van der Waals surface area contributed by atoms with Crippen LogP contribution in [0.4, 0.5) is 0 Å². The summed E-state index contributed by atoms with van der Waals surface area (Å²) in [6.07, 6.45) is 0.717. The Kier molecular flexibility index (Phi) is 4.50. The Hall–Kier alpha value is -3.35. The highest BCUT2D eigenvalue weighted by molar-refractivity contribution is 6.02. The van der Waals surface area contributed by atoms with Gasteiger partial charge < -0.3 is 14.4 Å². The molecule has 3 aromatic rings. The Labute approximate surface area is 163 Å². The van der Waals surface area contributed by atoms with E-state index >= 15 is 0 Å². The molecule has 144 valence electrons. The highest BCUT2D eigenvalue weighted by Crippen LogP contribution is 2.37. The van der Waals surface area contributed by atoms with Gasteiger partial charge in [0.05, 0.1) is 19.7 Å². The van der Waals surface area contributed by atoms with Crippen molar-refractivity contribution >= 4 is 22.6 Å². The van der Waals surface area contributed by atoms with Crippen molar-refractivity contribution in [2.75, 3.05) is 20.8 Å². The van der Waals surface area contributed by atoms with E-state index in [1.807, 2.05) is 31.2 Å².